The van der Waals surface area contributed by atoms with Crippen LogP contribution in [0.3, 0.4) is 0 Å². The fourth-order valence-corrected chi connectivity index (χ4v) is 0.0333. The number of hydrogen-bond acceptors (Lipinski definition) is 3. The summed E-state index contributed by atoms with van der Waals surface area (Å²) in [5.74, 6) is 4.45. The highest BCUT2D eigenvalue weighted by Gasteiger charge is 1.56. The van der Waals surface area contributed by atoms with Gasteiger partial charge in [0.15, 0.2) is 0 Å². The van der Waals surface area contributed by atoms with E-state index in [0.717, 1.165) is 0 Å². The van der Waals surface area contributed by atoms with Gasteiger partial charge in [-0.25, -0.2) is 0 Å². The molecular weight excluding hydrogens is 68.0 g/mol. The molecule has 0 heterocycles. The second-order valence-electron chi connectivity index (χ2n) is 0.345. The summed E-state index contributed by atoms with van der Waals surface area (Å²) < 4.78 is 0. The minimum Gasteiger partial charge on any atom is -0.305 e. The molecule has 0 aliphatic carbocycles. The van der Waals surface area contributed by atoms with Crippen LogP contribution in [0.4, 0.5) is 0 Å². The lowest BCUT2D eigenvalue weighted by atomic mass is 11.3. The smallest absolute Gasteiger partial charge is 0.220 e. The summed E-state index contributed by atoms with van der Waals surface area (Å²) in [6.07, 6.45) is 0. The molecule has 0 aromatic rings. The third-order valence-electron chi connectivity index (χ3n) is 0.115. The van der Waals surface area contributed by atoms with Crippen molar-refractivity contribution in [1.29, 1.82) is 0 Å². The van der Waals surface area contributed by atoms with Gasteiger partial charge in [0, 0.05) is 0 Å². The highest BCUT2D eigenvalue weighted by molar-refractivity contribution is 4.36. The molecule has 0 aromatic heterocycles. The first-order valence-electron chi connectivity index (χ1n) is 0.970. The zero-order valence-electron chi connectivity index (χ0n) is 2.55. The molecule has 0 amide bonds. The second kappa shape index (κ2) is 3.36. The van der Waals surface area contributed by atoms with Crippen molar-refractivity contribution in [2.75, 3.05) is 0 Å². The first kappa shape index (κ1) is 4.36. The van der Waals surface area contributed by atoms with Gasteiger partial charge < -0.3 is 5.84 Å². The van der Waals surface area contributed by atoms with Crippen molar-refractivity contribution in [2.45, 2.75) is 0 Å². The Morgan fingerprint density at radius 3 is 2.20 bits per heavy atom. The molecule has 4 heteroatoms. The van der Waals surface area contributed by atoms with E-state index in [2.05, 4.69) is 21.9 Å². The number of hydrogen-bond donors (Lipinski definition) is 2. The Morgan fingerprint density at radius 2 is 2.20 bits per heavy atom. The predicted octanol–water partition coefficient (Wildman–Crippen LogP) is -0.733. The molecule has 0 saturated carbocycles. The number of nitrogens with zero attached hydrogens (tertiary/aromatic N) is 2. The maximum Gasteiger partial charge on any atom is 0.220 e. The summed E-state index contributed by atoms with van der Waals surface area (Å²) in [6, 6.07) is 0. The standard InChI is InChI=1S/CH4N4/c2-1-4-5-3/h2H2,(H2,3,4). The van der Waals surface area contributed by atoms with Crippen LogP contribution in [-0.4, -0.2) is 0 Å². The van der Waals surface area contributed by atoms with E-state index in [1.54, 1.807) is 0 Å². The lowest BCUT2D eigenvalue weighted by Gasteiger charge is -1.64. The molecule has 0 unspecified atom stereocenters. The van der Waals surface area contributed by atoms with Crippen molar-refractivity contribution in [1.82, 2.24) is 0 Å². The molecule has 28 valence electrons. The van der Waals surface area contributed by atoms with Crippen LogP contribution in [0.2, 0.25) is 0 Å². The largest absolute Gasteiger partial charge is 0.305 e. The summed E-state index contributed by atoms with van der Waals surface area (Å²) in [4.78, 5) is 0. The molecule has 0 bridgehead atoms. The van der Waals surface area contributed by atoms with Crippen LogP contribution in [0.15, 0.2) is 10.3 Å². The number of nitrogens with two attached hydrogens (primary N) is 2. The third-order valence-corrected chi connectivity index (χ3v) is 0.115. The molecule has 0 atom stereocenters. The Balaban J connectivity index is 2.62. The molecule has 5 heavy (non-hydrogen) atoms. The van der Waals surface area contributed by atoms with Crippen LogP contribution < -0.4 is 11.6 Å². The SMILES string of the molecule is N[C]/N=N/N. The average molecular weight is 72.1 g/mol. The third kappa shape index (κ3) is 3.36. The van der Waals surface area contributed by atoms with Crippen molar-refractivity contribution in [3.63, 3.8) is 0 Å². The van der Waals surface area contributed by atoms with Gasteiger partial charge >= 0.3 is 0 Å². The summed E-state index contributed by atoms with van der Waals surface area (Å²) >= 11 is 0. The van der Waals surface area contributed by atoms with Gasteiger partial charge in [-0.3, -0.25) is 5.73 Å². The van der Waals surface area contributed by atoms with Gasteiger partial charge in [0.2, 0.25) is 6.67 Å². The minimum atomic E-state index is 1.85. The summed E-state index contributed by atoms with van der Waals surface area (Å²) in [6.45, 7) is 1.85. The molecular formula is CH4N4. The highest BCUT2D eigenvalue weighted by Crippen LogP contribution is 1.58. The zero-order valence-corrected chi connectivity index (χ0v) is 2.55. The Kier molecular flexibility index (Phi) is 2.93. The van der Waals surface area contributed by atoms with Crippen molar-refractivity contribution < 1.29 is 0 Å². The lowest BCUT2D eigenvalue weighted by Crippen LogP contribution is -1.84. The van der Waals surface area contributed by atoms with E-state index >= 15 is 0 Å². The first-order valence-corrected chi connectivity index (χ1v) is 0.970. The van der Waals surface area contributed by atoms with Crippen LogP contribution in [-0.2, 0) is 0 Å². The zero-order chi connectivity index (χ0) is 4.12. The van der Waals surface area contributed by atoms with Crippen LogP contribution in [0.25, 0.3) is 0 Å². The van der Waals surface area contributed by atoms with E-state index < -0.39 is 0 Å². The summed E-state index contributed by atoms with van der Waals surface area (Å²) in [7, 11) is 0. The predicted molar refractivity (Wildman–Crippen MR) is 16.5 cm³/mol. The molecule has 0 fully saturated rings. The fraction of sp³-hybridized carbons (Fsp3) is 0. The molecule has 0 aliphatic heterocycles. The highest BCUT2D eigenvalue weighted by atomic mass is 15.3. The van der Waals surface area contributed by atoms with Crippen molar-refractivity contribution in [2.24, 2.45) is 21.9 Å². The molecule has 4 nitrogen and oxygen atoms in total. The second-order valence-corrected chi connectivity index (χ2v) is 0.345. The monoisotopic (exact) mass is 72.0 g/mol. The van der Waals surface area contributed by atoms with E-state index in [4.69, 9.17) is 0 Å². The molecule has 4 N–H and O–H groups in total. The van der Waals surface area contributed by atoms with E-state index in [0.29, 0.717) is 0 Å². The van der Waals surface area contributed by atoms with Crippen LogP contribution in [0.5, 0.6) is 0 Å². The molecule has 0 rings (SSSR count). The first-order chi connectivity index (χ1) is 2.41. The Labute approximate surface area is 29.8 Å². The van der Waals surface area contributed by atoms with Crippen molar-refractivity contribution in [3.05, 3.63) is 6.67 Å². The molecule has 0 spiro atoms. The molecule has 0 aliphatic rings. The van der Waals surface area contributed by atoms with Crippen molar-refractivity contribution in [3.8, 4) is 0 Å². The van der Waals surface area contributed by atoms with Gasteiger partial charge in [-0.05, 0) is 0 Å². The van der Waals surface area contributed by atoms with Gasteiger partial charge in [0.1, 0.15) is 0 Å². The normalized spacial score (nSPS) is 9.80. The van der Waals surface area contributed by atoms with E-state index in [1.807, 2.05) is 6.67 Å². The summed E-state index contributed by atoms with van der Waals surface area (Å²) in [5, 5.41) is 5.65. The molecule has 0 saturated heterocycles. The molecule has 2 radical (unpaired) electrons. The van der Waals surface area contributed by atoms with E-state index in [9.17, 15) is 0 Å². The minimum absolute atomic E-state index is 1.85. The van der Waals surface area contributed by atoms with Gasteiger partial charge in [-0.1, -0.05) is 5.22 Å². The van der Waals surface area contributed by atoms with Gasteiger partial charge in [0.05, 0.1) is 0 Å². The fourth-order valence-electron chi connectivity index (χ4n) is 0.0333. The van der Waals surface area contributed by atoms with Crippen molar-refractivity contribution >= 4 is 0 Å². The molecule has 0 aromatic carbocycles. The Bertz CT molecular complexity index is 30.6. The Morgan fingerprint density at radius 1 is 1.60 bits per heavy atom. The maximum atomic E-state index is 4.55. The van der Waals surface area contributed by atoms with Crippen LogP contribution in [0, 0.1) is 6.67 Å². The topological polar surface area (TPSA) is 76.8 Å². The van der Waals surface area contributed by atoms with Gasteiger partial charge in [0.25, 0.3) is 0 Å². The average Bonchev–Trinajstić information content (AvgIpc) is 1.41. The quantitative estimate of drug-likeness (QED) is 0.185. The lowest BCUT2D eigenvalue weighted by molar-refractivity contribution is 0.988. The summed E-state index contributed by atoms with van der Waals surface area (Å²) in [5.41, 5.74) is 4.55. The van der Waals surface area contributed by atoms with Crippen LogP contribution >= 0.6 is 0 Å². The van der Waals surface area contributed by atoms with Crippen LogP contribution in [0.1, 0.15) is 0 Å². The van der Waals surface area contributed by atoms with E-state index in [-0.39, 0.29) is 0 Å². The maximum absolute atomic E-state index is 4.55. The Hall–Kier alpha value is -0.640. The number of rotatable bonds is 1. The van der Waals surface area contributed by atoms with E-state index in [1.165, 1.54) is 0 Å². The van der Waals surface area contributed by atoms with Gasteiger partial charge in [-0.2, -0.15) is 0 Å². The van der Waals surface area contributed by atoms with Gasteiger partial charge in [-0.15, -0.1) is 5.11 Å².